The lowest BCUT2D eigenvalue weighted by atomic mass is 10.1. The average molecular weight is 191 g/mol. The molecule has 0 unspecified atom stereocenters. The molecule has 0 saturated heterocycles. The Morgan fingerprint density at radius 1 is 1.43 bits per heavy atom. The summed E-state index contributed by atoms with van der Waals surface area (Å²) in [6.45, 7) is 4.96. The van der Waals surface area contributed by atoms with Crippen LogP contribution in [-0.4, -0.2) is 13.6 Å². The van der Waals surface area contributed by atoms with Crippen LogP contribution in [0.1, 0.15) is 18.1 Å². The van der Waals surface area contributed by atoms with Gasteiger partial charge in [-0.25, -0.2) is 0 Å². The van der Waals surface area contributed by atoms with Gasteiger partial charge in [0.1, 0.15) is 0 Å². The molecule has 0 radical (unpaired) electrons. The summed E-state index contributed by atoms with van der Waals surface area (Å²) in [5.74, 6) is 0. The Hall–Kier alpha value is -1.53. The second kappa shape index (κ2) is 6.93. The van der Waals surface area contributed by atoms with Gasteiger partial charge in [-0.1, -0.05) is 0 Å². The molecule has 1 aromatic rings. The normalized spacial score (nSPS) is 8.21. The Labute approximate surface area is 85.5 Å². The summed E-state index contributed by atoms with van der Waals surface area (Å²) in [5, 5.41) is 11.8. The van der Waals surface area contributed by atoms with Crippen LogP contribution >= 0.6 is 0 Å². The number of aryl methyl sites for hydroxylation is 1. The fourth-order valence-electron chi connectivity index (χ4n) is 1.12. The molecule has 0 saturated carbocycles. The number of anilines is 1. The highest BCUT2D eigenvalue weighted by molar-refractivity contribution is 5.53. The molecule has 1 aromatic carbocycles. The van der Waals surface area contributed by atoms with E-state index in [9.17, 15) is 0 Å². The highest BCUT2D eigenvalue weighted by Gasteiger charge is 1.96. The smallest absolute Gasteiger partial charge is 0.0991 e. The van der Waals surface area contributed by atoms with Gasteiger partial charge in [-0.3, -0.25) is 0 Å². The zero-order valence-corrected chi connectivity index (χ0v) is 8.96. The first-order valence-electron chi connectivity index (χ1n) is 4.60. The Balaban J connectivity index is 0.000000791. The van der Waals surface area contributed by atoms with Crippen molar-refractivity contribution in [1.29, 1.82) is 5.26 Å². The fourth-order valence-corrected chi connectivity index (χ4v) is 1.12. The van der Waals surface area contributed by atoms with E-state index in [0.29, 0.717) is 5.56 Å². The predicted octanol–water partition coefficient (Wildman–Crippen LogP) is 1.87. The fraction of sp³-hybridized carbons (Fsp3) is 0.364. The Morgan fingerprint density at radius 3 is 2.50 bits per heavy atom. The van der Waals surface area contributed by atoms with E-state index < -0.39 is 0 Å². The lowest BCUT2D eigenvalue weighted by molar-refractivity contribution is 1.20. The highest BCUT2D eigenvalue weighted by Crippen LogP contribution is 2.15. The van der Waals surface area contributed by atoms with E-state index in [0.717, 1.165) is 17.8 Å². The third kappa shape index (κ3) is 3.46. The SMILES string of the molecule is CCNc1ccc(C#N)cc1C.CN. The van der Waals surface area contributed by atoms with Crippen LogP contribution in [0.2, 0.25) is 0 Å². The molecule has 0 fully saturated rings. The van der Waals surface area contributed by atoms with Crippen molar-refractivity contribution >= 4 is 5.69 Å². The maximum Gasteiger partial charge on any atom is 0.0991 e. The molecule has 0 amide bonds. The lowest BCUT2D eigenvalue weighted by Gasteiger charge is -2.06. The van der Waals surface area contributed by atoms with E-state index in [1.807, 2.05) is 25.1 Å². The second-order valence-electron chi connectivity index (χ2n) is 2.67. The summed E-state index contributed by atoms with van der Waals surface area (Å²) in [4.78, 5) is 0. The summed E-state index contributed by atoms with van der Waals surface area (Å²) < 4.78 is 0. The van der Waals surface area contributed by atoms with Crippen molar-refractivity contribution in [2.45, 2.75) is 13.8 Å². The minimum absolute atomic E-state index is 0.717. The van der Waals surface area contributed by atoms with Gasteiger partial charge in [-0.2, -0.15) is 5.26 Å². The average Bonchev–Trinajstić information content (AvgIpc) is 2.24. The van der Waals surface area contributed by atoms with Crippen molar-refractivity contribution in [3.05, 3.63) is 29.3 Å². The van der Waals surface area contributed by atoms with E-state index in [4.69, 9.17) is 5.26 Å². The van der Waals surface area contributed by atoms with Gasteiger partial charge in [-0.15, -0.1) is 0 Å². The summed E-state index contributed by atoms with van der Waals surface area (Å²) in [5.41, 5.74) is 7.45. The maximum absolute atomic E-state index is 8.61. The molecular formula is C11H17N3. The van der Waals surface area contributed by atoms with Gasteiger partial charge >= 0.3 is 0 Å². The maximum atomic E-state index is 8.61. The lowest BCUT2D eigenvalue weighted by Crippen LogP contribution is -1.98. The molecule has 76 valence electrons. The van der Waals surface area contributed by atoms with Crippen LogP contribution in [0.5, 0.6) is 0 Å². The van der Waals surface area contributed by atoms with Crippen LogP contribution in [-0.2, 0) is 0 Å². The highest BCUT2D eigenvalue weighted by atomic mass is 14.9. The first-order chi connectivity index (χ1) is 6.77. The van der Waals surface area contributed by atoms with Crippen LogP contribution < -0.4 is 11.1 Å². The van der Waals surface area contributed by atoms with Crippen molar-refractivity contribution in [1.82, 2.24) is 0 Å². The molecule has 0 aliphatic heterocycles. The Bertz CT molecular complexity index is 313. The molecule has 3 nitrogen and oxygen atoms in total. The number of nitriles is 1. The van der Waals surface area contributed by atoms with Crippen LogP contribution in [0.3, 0.4) is 0 Å². The molecule has 0 aliphatic rings. The standard InChI is InChI=1S/C10H12N2.CH5N/c1-3-12-10-5-4-9(7-11)6-8(10)2;1-2/h4-6,12H,3H2,1-2H3;2H2,1H3. The van der Waals surface area contributed by atoms with Gasteiger partial charge in [0.2, 0.25) is 0 Å². The molecule has 0 atom stereocenters. The molecule has 3 heteroatoms. The predicted molar refractivity (Wildman–Crippen MR) is 60.2 cm³/mol. The molecule has 0 aromatic heterocycles. The van der Waals surface area contributed by atoms with E-state index in [-0.39, 0.29) is 0 Å². The van der Waals surface area contributed by atoms with Gasteiger partial charge in [-0.05, 0) is 44.7 Å². The summed E-state index contributed by atoms with van der Waals surface area (Å²) >= 11 is 0. The molecule has 3 N–H and O–H groups in total. The topological polar surface area (TPSA) is 61.8 Å². The molecule has 0 bridgehead atoms. The molecule has 0 spiro atoms. The Morgan fingerprint density at radius 2 is 2.07 bits per heavy atom. The number of benzene rings is 1. The van der Waals surface area contributed by atoms with Gasteiger partial charge < -0.3 is 11.1 Å². The summed E-state index contributed by atoms with van der Waals surface area (Å²) in [6.07, 6.45) is 0. The monoisotopic (exact) mass is 191 g/mol. The number of hydrogen-bond acceptors (Lipinski definition) is 3. The number of rotatable bonds is 2. The zero-order valence-electron chi connectivity index (χ0n) is 8.96. The Kier molecular flexibility index (Phi) is 6.17. The van der Waals surface area contributed by atoms with Gasteiger partial charge in [0, 0.05) is 12.2 Å². The third-order valence-corrected chi connectivity index (χ3v) is 1.72. The molecule has 14 heavy (non-hydrogen) atoms. The third-order valence-electron chi connectivity index (χ3n) is 1.72. The van der Waals surface area contributed by atoms with Gasteiger partial charge in [0.25, 0.3) is 0 Å². The first kappa shape index (κ1) is 12.5. The first-order valence-corrected chi connectivity index (χ1v) is 4.60. The van der Waals surface area contributed by atoms with Crippen LogP contribution in [0.15, 0.2) is 18.2 Å². The zero-order chi connectivity index (χ0) is 11.0. The number of nitrogens with two attached hydrogens (primary N) is 1. The van der Waals surface area contributed by atoms with Crippen molar-refractivity contribution in [3.63, 3.8) is 0 Å². The van der Waals surface area contributed by atoms with Crippen molar-refractivity contribution in [2.24, 2.45) is 5.73 Å². The van der Waals surface area contributed by atoms with Crippen molar-refractivity contribution < 1.29 is 0 Å². The molecule has 0 aliphatic carbocycles. The molecular weight excluding hydrogens is 174 g/mol. The van der Waals surface area contributed by atoms with Crippen LogP contribution in [0, 0.1) is 18.3 Å². The van der Waals surface area contributed by atoms with E-state index in [1.165, 1.54) is 7.05 Å². The molecule has 1 rings (SSSR count). The van der Waals surface area contributed by atoms with E-state index >= 15 is 0 Å². The largest absolute Gasteiger partial charge is 0.385 e. The minimum Gasteiger partial charge on any atom is -0.385 e. The number of nitrogens with one attached hydrogen (secondary N) is 1. The van der Waals surface area contributed by atoms with E-state index in [2.05, 4.69) is 24.0 Å². The minimum atomic E-state index is 0.717. The number of hydrogen-bond donors (Lipinski definition) is 2. The van der Waals surface area contributed by atoms with Gasteiger partial charge in [0.15, 0.2) is 0 Å². The number of nitrogens with zero attached hydrogens (tertiary/aromatic N) is 1. The summed E-state index contributed by atoms with van der Waals surface area (Å²) in [6, 6.07) is 7.76. The van der Waals surface area contributed by atoms with Gasteiger partial charge in [0.05, 0.1) is 11.6 Å². The molecule has 0 heterocycles. The van der Waals surface area contributed by atoms with Crippen LogP contribution in [0.4, 0.5) is 5.69 Å². The van der Waals surface area contributed by atoms with Crippen LogP contribution in [0.25, 0.3) is 0 Å². The second-order valence-corrected chi connectivity index (χ2v) is 2.67. The van der Waals surface area contributed by atoms with Crippen molar-refractivity contribution in [2.75, 3.05) is 18.9 Å². The van der Waals surface area contributed by atoms with E-state index in [1.54, 1.807) is 0 Å². The quantitative estimate of drug-likeness (QED) is 0.750. The summed E-state index contributed by atoms with van der Waals surface area (Å²) in [7, 11) is 1.50. The van der Waals surface area contributed by atoms with Crippen molar-refractivity contribution in [3.8, 4) is 6.07 Å².